The molecule has 1 aromatic rings. The van der Waals surface area contributed by atoms with Crippen molar-refractivity contribution >= 4 is 5.91 Å². The summed E-state index contributed by atoms with van der Waals surface area (Å²) in [7, 11) is 1.96. The van der Waals surface area contributed by atoms with Crippen LogP contribution < -0.4 is 0 Å². The van der Waals surface area contributed by atoms with E-state index in [1.807, 2.05) is 17.9 Å². The molecule has 1 aromatic heterocycles. The zero-order chi connectivity index (χ0) is 16.5. The minimum absolute atomic E-state index is 0.363. The summed E-state index contributed by atoms with van der Waals surface area (Å²) in [5.41, 5.74) is 1.26. The molecule has 3 aliphatic rings. The third-order valence-corrected chi connectivity index (χ3v) is 6.38. The molecule has 0 radical (unpaired) electrons. The quantitative estimate of drug-likeness (QED) is 0.856. The highest BCUT2D eigenvalue weighted by Gasteiger charge is 2.37. The summed E-state index contributed by atoms with van der Waals surface area (Å²) in [5, 5.41) is 4.31. The van der Waals surface area contributed by atoms with Crippen LogP contribution in [0.15, 0.2) is 12.4 Å². The van der Waals surface area contributed by atoms with E-state index in [0.29, 0.717) is 24.5 Å². The lowest BCUT2D eigenvalue weighted by Gasteiger charge is -2.44. The van der Waals surface area contributed by atoms with Crippen molar-refractivity contribution in [1.29, 1.82) is 0 Å². The molecule has 0 bridgehead atoms. The molecule has 3 fully saturated rings. The van der Waals surface area contributed by atoms with Gasteiger partial charge in [0, 0.05) is 37.4 Å². The molecular formula is C19H30N4O. The number of amides is 1. The van der Waals surface area contributed by atoms with Crippen LogP contribution in [0.2, 0.25) is 0 Å². The van der Waals surface area contributed by atoms with E-state index in [2.05, 4.69) is 21.1 Å². The molecular weight excluding hydrogens is 300 g/mol. The number of fused-ring (bicyclic) bond motifs is 1. The lowest BCUT2D eigenvalue weighted by molar-refractivity contribution is -0.139. The van der Waals surface area contributed by atoms with Crippen LogP contribution in [0, 0.1) is 5.92 Å². The predicted octanol–water partition coefficient (Wildman–Crippen LogP) is 2.74. The number of hydrogen-bond donors (Lipinski definition) is 0. The first kappa shape index (κ1) is 16.1. The van der Waals surface area contributed by atoms with Crippen molar-refractivity contribution in [3.63, 3.8) is 0 Å². The fourth-order valence-corrected chi connectivity index (χ4v) is 5.20. The molecule has 1 aliphatic carbocycles. The Morgan fingerprint density at radius 2 is 1.92 bits per heavy atom. The highest BCUT2D eigenvalue weighted by Crippen LogP contribution is 2.36. The Bertz CT molecular complexity index is 582. The van der Waals surface area contributed by atoms with Gasteiger partial charge in [0.15, 0.2) is 0 Å². The fourth-order valence-electron chi connectivity index (χ4n) is 5.20. The molecule has 1 saturated carbocycles. The van der Waals surface area contributed by atoms with Crippen molar-refractivity contribution in [1.82, 2.24) is 19.6 Å². The molecule has 3 atom stereocenters. The molecule has 5 heteroatoms. The number of rotatable bonds is 3. The van der Waals surface area contributed by atoms with Gasteiger partial charge in [0.1, 0.15) is 0 Å². The molecule has 2 saturated heterocycles. The standard InChI is InChI=1S/C19H30N4O/c1-21-13-16(12-20-21)17-9-5-10-22(17)14-19(24)23-11-4-7-15-6-2-3-8-18(15)23/h12-13,15,17-18H,2-11,14H2,1H3/t15-,17+,18+/m1/s1. The number of aromatic nitrogens is 2. The molecule has 2 aliphatic heterocycles. The molecule has 0 spiro atoms. The minimum atomic E-state index is 0.363. The topological polar surface area (TPSA) is 41.4 Å². The number of likely N-dealkylation sites (tertiary alicyclic amines) is 2. The van der Waals surface area contributed by atoms with E-state index in [9.17, 15) is 4.79 Å². The second-order valence-corrected chi connectivity index (χ2v) is 7.92. The molecule has 1 amide bonds. The average Bonchev–Trinajstić information content (AvgIpc) is 3.23. The fraction of sp³-hybridized carbons (Fsp3) is 0.789. The molecule has 4 rings (SSSR count). The van der Waals surface area contributed by atoms with E-state index >= 15 is 0 Å². The van der Waals surface area contributed by atoms with E-state index < -0.39 is 0 Å². The number of aryl methyl sites for hydroxylation is 1. The monoisotopic (exact) mass is 330 g/mol. The summed E-state index contributed by atoms with van der Waals surface area (Å²) in [4.78, 5) is 17.7. The van der Waals surface area contributed by atoms with E-state index in [4.69, 9.17) is 0 Å². The third kappa shape index (κ3) is 3.10. The number of piperidine rings is 1. The van der Waals surface area contributed by atoms with Gasteiger partial charge >= 0.3 is 0 Å². The van der Waals surface area contributed by atoms with Gasteiger partial charge in [0.25, 0.3) is 0 Å². The summed E-state index contributed by atoms with van der Waals surface area (Å²) in [6, 6.07) is 0.897. The number of hydrogen-bond acceptors (Lipinski definition) is 3. The average molecular weight is 330 g/mol. The molecule has 0 unspecified atom stereocenters. The lowest BCUT2D eigenvalue weighted by atomic mass is 9.78. The van der Waals surface area contributed by atoms with Gasteiger partial charge in [-0.2, -0.15) is 5.10 Å². The first-order chi connectivity index (χ1) is 11.7. The second kappa shape index (κ2) is 6.87. The van der Waals surface area contributed by atoms with Crippen LogP contribution in [0.25, 0.3) is 0 Å². The Morgan fingerprint density at radius 1 is 1.12 bits per heavy atom. The largest absolute Gasteiger partial charge is 0.338 e. The van der Waals surface area contributed by atoms with Crippen LogP contribution in [0.3, 0.4) is 0 Å². The van der Waals surface area contributed by atoms with Crippen molar-refractivity contribution in [2.75, 3.05) is 19.6 Å². The zero-order valence-electron chi connectivity index (χ0n) is 14.9. The third-order valence-electron chi connectivity index (χ3n) is 6.38. The van der Waals surface area contributed by atoms with Crippen LogP contribution in [-0.2, 0) is 11.8 Å². The van der Waals surface area contributed by atoms with Gasteiger partial charge in [-0.25, -0.2) is 0 Å². The molecule has 132 valence electrons. The number of carbonyl (C=O) groups excluding carboxylic acids is 1. The maximum Gasteiger partial charge on any atom is 0.237 e. The normalized spacial score (nSPS) is 31.2. The maximum atomic E-state index is 13.1. The molecule has 0 N–H and O–H groups in total. The van der Waals surface area contributed by atoms with Crippen LogP contribution in [0.5, 0.6) is 0 Å². The smallest absolute Gasteiger partial charge is 0.237 e. The summed E-state index contributed by atoms with van der Waals surface area (Å²) >= 11 is 0. The van der Waals surface area contributed by atoms with Crippen LogP contribution in [0.1, 0.15) is 63.0 Å². The van der Waals surface area contributed by atoms with Gasteiger partial charge in [-0.05, 0) is 51.0 Å². The minimum Gasteiger partial charge on any atom is -0.338 e. The molecule has 3 heterocycles. The lowest BCUT2D eigenvalue weighted by Crippen LogP contribution is -2.52. The predicted molar refractivity (Wildman–Crippen MR) is 93.4 cm³/mol. The SMILES string of the molecule is Cn1cc([C@@H]2CCCN2CC(=O)N2CCC[C@H]3CCCC[C@@H]32)cn1. The van der Waals surface area contributed by atoms with Gasteiger partial charge in [0.2, 0.25) is 5.91 Å². The molecule has 24 heavy (non-hydrogen) atoms. The van der Waals surface area contributed by atoms with Crippen LogP contribution in [0.4, 0.5) is 0 Å². The van der Waals surface area contributed by atoms with Gasteiger partial charge in [-0.3, -0.25) is 14.4 Å². The summed E-state index contributed by atoms with van der Waals surface area (Å²) in [6.07, 6.45) is 14.1. The Kier molecular flexibility index (Phi) is 4.61. The first-order valence-electron chi connectivity index (χ1n) is 9.74. The van der Waals surface area contributed by atoms with E-state index in [0.717, 1.165) is 25.4 Å². The van der Waals surface area contributed by atoms with Crippen molar-refractivity contribution in [2.45, 2.75) is 63.5 Å². The van der Waals surface area contributed by atoms with Crippen molar-refractivity contribution in [3.05, 3.63) is 18.0 Å². The van der Waals surface area contributed by atoms with Gasteiger partial charge in [0.05, 0.1) is 12.7 Å². The highest BCUT2D eigenvalue weighted by atomic mass is 16.2. The Balaban J connectivity index is 1.43. The highest BCUT2D eigenvalue weighted by molar-refractivity contribution is 5.79. The molecule has 0 aromatic carbocycles. The zero-order valence-corrected chi connectivity index (χ0v) is 14.9. The van der Waals surface area contributed by atoms with Gasteiger partial charge in [-0.15, -0.1) is 0 Å². The van der Waals surface area contributed by atoms with Crippen molar-refractivity contribution < 1.29 is 4.79 Å². The Hall–Kier alpha value is -1.36. The van der Waals surface area contributed by atoms with E-state index in [1.54, 1.807) is 0 Å². The number of carbonyl (C=O) groups is 1. The first-order valence-corrected chi connectivity index (χ1v) is 9.74. The molecule has 5 nitrogen and oxygen atoms in total. The van der Waals surface area contributed by atoms with Crippen molar-refractivity contribution in [2.24, 2.45) is 13.0 Å². The second-order valence-electron chi connectivity index (χ2n) is 7.92. The Labute approximate surface area is 145 Å². The maximum absolute atomic E-state index is 13.1. The van der Waals surface area contributed by atoms with Gasteiger partial charge in [-0.1, -0.05) is 12.8 Å². The van der Waals surface area contributed by atoms with Crippen LogP contribution in [-0.4, -0.2) is 51.2 Å². The van der Waals surface area contributed by atoms with E-state index in [-0.39, 0.29) is 0 Å². The number of nitrogens with zero attached hydrogens (tertiary/aromatic N) is 4. The van der Waals surface area contributed by atoms with Gasteiger partial charge < -0.3 is 4.90 Å². The Morgan fingerprint density at radius 3 is 2.75 bits per heavy atom. The summed E-state index contributed by atoms with van der Waals surface area (Å²) in [6.45, 7) is 2.60. The summed E-state index contributed by atoms with van der Waals surface area (Å²) in [5.74, 6) is 1.13. The van der Waals surface area contributed by atoms with Crippen LogP contribution >= 0.6 is 0 Å². The van der Waals surface area contributed by atoms with E-state index in [1.165, 1.54) is 50.5 Å². The van der Waals surface area contributed by atoms with Crippen molar-refractivity contribution in [3.8, 4) is 0 Å². The summed E-state index contributed by atoms with van der Waals surface area (Å²) < 4.78 is 1.87.